The minimum Gasteiger partial charge on any atom is -0.497 e. The Hall–Kier alpha value is -4.04. The molecule has 13 heteroatoms. The zero-order chi connectivity index (χ0) is 35.8. The molecule has 5 rings (SSSR count). The van der Waals surface area contributed by atoms with Crippen molar-refractivity contribution in [3.05, 3.63) is 71.8 Å². The standard InChI is InChI=1S/C37H49N3O9S/c1-25-20-40(26(2)23-41)37(42)32-19-29(38-50(43,44)31-13-11-30(45-5)12-14-31)10-16-33(32)49-27(3)8-6-7-17-46-36(25)22-39(4)21-28-9-15-34-35(18-28)48-24-47-34/h9-16,18-19,25-27,36,38,41H,6-8,17,20-24H2,1-5H3/t25-,26+,27-,36+/m1/s1. The van der Waals surface area contributed by atoms with E-state index in [1.807, 2.05) is 39.1 Å². The molecule has 2 heterocycles. The highest BCUT2D eigenvalue weighted by Crippen LogP contribution is 2.33. The van der Waals surface area contributed by atoms with Crippen molar-refractivity contribution in [1.29, 1.82) is 0 Å². The molecular formula is C37H49N3O9S. The lowest BCUT2D eigenvalue weighted by Crippen LogP contribution is -2.47. The minimum absolute atomic E-state index is 0.0495. The first-order valence-corrected chi connectivity index (χ1v) is 18.5. The van der Waals surface area contributed by atoms with Gasteiger partial charge in [-0.05, 0) is 100 Å². The van der Waals surface area contributed by atoms with Gasteiger partial charge in [-0.15, -0.1) is 0 Å². The molecule has 50 heavy (non-hydrogen) atoms. The fraction of sp³-hybridized carbons (Fsp3) is 0.486. The molecule has 0 spiro atoms. The van der Waals surface area contributed by atoms with Gasteiger partial charge >= 0.3 is 0 Å². The average Bonchev–Trinajstić information content (AvgIpc) is 3.57. The number of hydrogen-bond acceptors (Lipinski definition) is 10. The molecule has 1 amide bonds. The third-order valence-corrected chi connectivity index (χ3v) is 10.5. The van der Waals surface area contributed by atoms with E-state index < -0.39 is 16.1 Å². The molecule has 0 unspecified atom stereocenters. The topological polar surface area (TPSA) is 136 Å². The number of sulfonamides is 1. The van der Waals surface area contributed by atoms with Crippen LogP contribution in [-0.2, 0) is 21.3 Å². The quantitative estimate of drug-likeness (QED) is 0.291. The van der Waals surface area contributed by atoms with Crippen LogP contribution >= 0.6 is 0 Å². The van der Waals surface area contributed by atoms with Gasteiger partial charge in [0.25, 0.3) is 15.9 Å². The van der Waals surface area contributed by atoms with Crippen LogP contribution in [0.2, 0.25) is 0 Å². The molecule has 0 aromatic heterocycles. The third-order valence-electron chi connectivity index (χ3n) is 9.05. The summed E-state index contributed by atoms with van der Waals surface area (Å²) in [4.78, 5) is 18.3. The summed E-state index contributed by atoms with van der Waals surface area (Å²) < 4.78 is 58.2. The molecule has 0 radical (unpaired) electrons. The molecule has 2 aliphatic rings. The maximum absolute atomic E-state index is 14.5. The summed E-state index contributed by atoms with van der Waals surface area (Å²) in [6.07, 6.45) is 2.03. The Morgan fingerprint density at radius 2 is 1.76 bits per heavy atom. The van der Waals surface area contributed by atoms with Crippen molar-refractivity contribution in [2.24, 2.45) is 5.92 Å². The molecule has 3 aromatic rings. The van der Waals surface area contributed by atoms with E-state index in [-0.39, 0.29) is 53.6 Å². The molecule has 0 fully saturated rings. The summed E-state index contributed by atoms with van der Waals surface area (Å²) in [6, 6.07) is 16.2. The fourth-order valence-corrected chi connectivity index (χ4v) is 7.19. The van der Waals surface area contributed by atoms with E-state index in [0.29, 0.717) is 37.7 Å². The van der Waals surface area contributed by atoms with Crippen LogP contribution in [-0.4, -0.2) is 94.7 Å². The van der Waals surface area contributed by atoms with E-state index >= 15 is 0 Å². The van der Waals surface area contributed by atoms with Gasteiger partial charge in [0, 0.05) is 37.8 Å². The van der Waals surface area contributed by atoms with E-state index in [1.165, 1.54) is 25.3 Å². The highest BCUT2D eigenvalue weighted by molar-refractivity contribution is 7.92. The summed E-state index contributed by atoms with van der Waals surface area (Å²) in [6.45, 7) is 7.88. The summed E-state index contributed by atoms with van der Waals surface area (Å²) in [5, 5.41) is 10.3. The number of aliphatic hydroxyl groups excluding tert-OH is 1. The number of aliphatic hydroxyl groups is 1. The van der Waals surface area contributed by atoms with Gasteiger partial charge in [-0.1, -0.05) is 13.0 Å². The fourth-order valence-electron chi connectivity index (χ4n) is 6.14. The first kappa shape index (κ1) is 37.2. The van der Waals surface area contributed by atoms with Crippen molar-refractivity contribution in [2.75, 3.05) is 52.0 Å². The van der Waals surface area contributed by atoms with Gasteiger partial charge in [0.05, 0.1) is 42.4 Å². The van der Waals surface area contributed by atoms with Gasteiger partial charge in [-0.2, -0.15) is 0 Å². The van der Waals surface area contributed by atoms with Crippen molar-refractivity contribution >= 4 is 21.6 Å². The lowest BCUT2D eigenvalue weighted by atomic mass is 10.0. The third kappa shape index (κ3) is 9.39. The van der Waals surface area contributed by atoms with Crippen molar-refractivity contribution in [1.82, 2.24) is 9.80 Å². The molecule has 12 nitrogen and oxygen atoms in total. The average molecular weight is 712 g/mol. The first-order chi connectivity index (χ1) is 24.0. The van der Waals surface area contributed by atoms with Crippen LogP contribution in [0.25, 0.3) is 0 Å². The number of benzene rings is 3. The smallest absolute Gasteiger partial charge is 0.261 e. The van der Waals surface area contributed by atoms with Crippen molar-refractivity contribution in [3.8, 4) is 23.0 Å². The van der Waals surface area contributed by atoms with Crippen LogP contribution in [0.4, 0.5) is 5.69 Å². The summed E-state index contributed by atoms with van der Waals surface area (Å²) >= 11 is 0. The SMILES string of the molecule is COc1ccc(S(=O)(=O)Nc2ccc3c(c2)C(=O)N([C@@H](C)CO)C[C@@H](C)[C@H](CN(C)Cc2ccc4c(c2)OCO4)OCCCC[C@@H](C)O3)cc1. The predicted molar refractivity (Wildman–Crippen MR) is 190 cm³/mol. The van der Waals surface area contributed by atoms with Gasteiger partial charge in [0.1, 0.15) is 11.5 Å². The molecule has 0 aliphatic carbocycles. The summed E-state index contributed by atoms with van der Waals surface area (Å²) in [7, 11) is -0.432. The molecule has 2 N–H and O–H groups in total. The summed E-state index contributed by atoms with van der Waals surface area (Å²) in [5.74, 6) is 1.87. The highest BCUT2D eigenvalue weighted by Gasteiger charge is 2.31. The van der Waals surface area contributed by atoms with Crippen LogP contribution in [0.15, 0.2) is 65.6 Å². The number of nitrogens with one attached hydrogen (secondary N) is 1. The Labute approximate surface area is 295 Å². The monoisotopic (exact) mass is 711 g/mol. The molecular weight excluding hydrogens is 662 g/mol. The lowest BCUT2D eigenvalue weighted by Gasteiger charge is -2.36. The molecule has 0 bridgehead atoms. The van der Waals surface area contributed by atoms with Gasteiger partial charge in [-0.3, -0.25) is 14.4 Å². The van der Waals surface area contributed by atoms with Gasteiger partial charge in [0.15, 0.2) is 11.5 Å². The maximum atomic E-state index is 14.5. The Morgan fingerprint density at radius 3 is 2.50 bits per heavy atom. The summed E-state index contributed by atoms with van der Waals surface area (Å²) in [5.41, 5.74) is 1.50. The number of methoxy groups -OCH3 is 1. The van der Waals surface area contributed by atoms with E-state index in [4.69, 9.17) is 23.7 Å². The molecule has 0 saturated heterocycles. The minimum atomic E-state index is -3.98. The van der Waals surface area contributed by atoms with Crippen LogP contribution < -0.4 is 23.7 Å². The molecule has 2 aliphatic heterocycles. The second-order valence-electron chi connectivity index (χ2n) is 13.2. The highest BCUT2D eigenvalue weighted by atomic mass is 32.2. The lowest BCUT2D eigenvalue weighted by molar-refractivity contribution is -0.0177. The van der Waals surface area contributed by atoms with E-state index in [2.05, 4.69) is 9.62 Å². The second kappa shape index (κ2) is 16.8. The van der Waals surface area contributed by atoms with E-state index in [9.17, 15) is 18.3 Å². The van der Waals surface area contributed by atoms with Gasteiger partial charge in [-0.25, -0.2) is 8.42 Å². The van der Waals surface area contributed by atoms with Crippen LogP contribution in [0.1, 0.15) is 56.0 Å². The van der Waals surface area contributed by atoms with Crippen molar-refractivity contribution < 1.29 is 42.0 Å². The normalized spacial score (nSPS) is 20.8. The Morgan fingerprint density at radius 1 is 1.02 bits per heavy atom. The van der Waals surface area contributed by atoms with Crippen LogP contribution in [0.5, 0.6) is 23.0 Å². The zero-order valence-corrected chi connectivity index (χ0v) is 30.3. The first-order valence-electron chi connectivity index (χ1n) is 17.1. The van der Waals surface area contributed by atoms with Gasteiger partial charge in [0.2, 0.25) is 6.79 Å². The Kier molecular flexibility index (Phi) is 12.5. The Balaban J connectivity index is 1.40. The number of ether oxygens (including phenoxy) is 5. The Bertz CT molecular complexity index is 1700. The number of nitrogens with zero attached hydrogens (tertiary/aromatic N) is 2. The second-order valence-corrected chi connectivity index (χ2v) is 14.9. The number of rotatable bonds is 10. The predicted octanol–water partition coefficient (Wildman–Crippen LogP) is 5.15. The number of anilines is 1. The molecule has 272 valence electrons. The number of carbonyl (C=O) groups excluding carboxylic acids is 1. The largest absolute Gasteiger partial charge is 0.497 e. The number of fused-ring (bicyclic) bond motifs is 2. The number of carbonyl (C=O) groups is 1. The molecule has 3 aromatic carbocycles. The number of likely N-dealkylation sites (N-methyl/N-ethyl adjacent to an activating group) is 1. The van der Waals surface area contributed by atoms with E-state index in [1.54, 1.807) is 36.1 Å². The maximum Gasteiger partial charge on any atom is 0.261 e. The van der Waals surface area contributed by atoms with Crippen LogP contribution in [0.3, 0.4) is 0 Å². The van der Waals surface area contributed by atoms with Crippen molar-refractivity contribution in [3.63, 3.8) is 0 Å². The number of hydrogen-bond donors (Lipinski definition) is 2. The van der Waals surface area contributed by atoms with E-state index in [0.717, 1.165) is 36.3 Å². The molecule has 0 saturated carbocycles. The zero-order valence-electron chi connectivity index (χ0n) is 29.5. The molecule has 4 atom stereocenters. The number of amides is 1. The van der Waals surface area contributed by atoms with Gasteiger partial charge < -0.3 is 33.7 Å². The van der Waals surface area contributed by atoms with Crippen LogP contribution in [0, 0.1) is 5.92 Å². The van der Waals surface area contributed by atoms with Crippen molar-refractivity contribution in [2.45, 2.75) is 69.7 Å².